The molecule has 1 atom stereocenters. The summed E-state index contributed by atoms with van der Waals surface area (Å²) >= 11 is 1.62. The number of amides is 1. The van der Waals surface area contributed by atoms with Crippen molar-refractivity contribution in [2.75, 3.05) is 26.2 Å². The Labute approximate surface area is 145 Å². The molecule has 1 aliphatic rings. The predicted molar refractivity (Wildman–Crippen MR) is 93.0 cm³/mol. The van der Waals surface area contributed by atoms with Gasteiger partial charge in [-0.15, -0.1) is 11.3 Å². The zero-order valence-corrected chi connectivity index (χ0v) is 14.4. The summed E-state index contributed by atoms with van der Waals surface area (Å²) in [4.78, 5) is 15.7. The third kappa shape index (κ3) is 3.58. The topological polar surface area (TPSA) is 69.3 Å². The number of carbonyl (C=O) groups excluding carboxylic acids is 1. The third-order valence-corrected chi connectivity index (χ3v) is 4.98. The Bertz CT molecular complexity index is 682. The van der Waals surface area contributed by atoms with Crippen LogP contribution >= 0.6 is 11.3 Å². The monoisotopic (exact) mass is 347 g/mol. The number of hydrazone groups is 1. The van der Waals surface area contributed by atoms with Crippen molar-refractivity contribution < 1.29 is 14.3 Å². The van der Waals surface area contributed by atoms with Gasteiger partial charge in [-0.1, -0.05) is 13.0 Å². The van der Waals surface area contributed by atoms with Gasteiger partial charge in [0.2, 0.25) is 0 Å². The number of likely N-dealkylation sites (N-methyl/N-ethyl adjacent to an activating group) is 1. The van der Waals surface area contributed by atoms with E-state index < -0.39 is 0 Å². The van der Waals surface area contributed by atoms with E-state index in [4.69, 9.17) is 9.52 Å². The van der Waals surface area contributed by atoms with Gasteiger partial charge in [0.15, 0.2) is 0 Å². The normalized spacial score (nSPS) is 17.5. The van der Waals surface area contributed by atoms with Gasteiger partial charge in [0.25, 0.3) is 5.91 Å². The molecule has 0 bridgehead atoms. The lowest BCUT2D eigenvalue weighted by atomic mass is 10.1. The number of carbonyl (C=O) groups is 1. The summed E-state index contributed by atoms with van der Waals surface area (Å²) in [5.41, 5.74) is 0.907. The van der Waals surface area contributed by atoms with Gasteiger partial charge in [-0.05, 0) is 30.1 Å². The number of rotatable bonds is 7. The molecule has 6 nitrogen and oxygen atoms in total. The molecule has 0 saturated heterocycles. The van der Waals surface area contributed by atoms with Crippen LogP contribution in [0.3, 0.4) is 0 Å². The molecular weight excluding hydrogens is 326 g/mol. The second-order valence-electron chi connectivity index (χ2n) is 5.59. The number of hydrogen-bond donors (Lipinski definition) is 1. The van der Waals surface area contributed by atoms with E-state index in [0.29, 0.717) is 19.5 Å². The van der Waals surface area contributed by atoms with Crippen molar-refractivity contribution in [1.29, 1.82) is 0 Å². The minimum Gasteiger partial charge on any atom is -0.467 e. The molecule has 1 amide bonds. The molecule has 128 valence electrons. The summed E-state index contributed by atoms with van der Waals surface area (Å²) in [5, 5.41) is 17.2. The van der Waals surface area contributed by atoms with E-state index in [1.165, 1.54) is 5.01 Å². The van der Waals surface area contributed by atoms with Crippen molar-refractivity contribution in [3.8, 4) is 0 Å². The minimum absolute atomic E-state index is 0.0342. The molecule has 1 aliphatic heterocycles. The van der Waals surface area contributed by atoms with E-state index in [-0.39, 0.29) is 25.1 Å². The predicted octanol–water partition coefficient (Wildman–Crippen LogP) is 2.33. The highest BCUT2D eigenvalue weighted by Crippen LogP contribution is 2.34. The highest BCUT2D eigenvalue weighted by atomic mass is 32.1. The Morgan fingerprint density at radius 1 is 1.50 bits per heavy atom. The van der Waals surface area contributed by atoms with Gasteiger partial charge in [0.1, 0.15) is 11.8 Å². The summed E-state index contributed by atoms with van der Waals surface area (Å²) in [6.45, 7) is 3.41. The van der Waals surface area contributed by atoms with Crippen molar-refractivity contribution in [3.63, 3.8) is 0 Å². The fourth-order valence-corrected chi connectivity index (χ4v) is 3.51. The van der Waals surface area contributed by atoms with Gasteiger partial charge in [0, 0.05) is 13.0 Å². The number of hydrogen-bond acceptors (Lipinski definition) is 6. The highest BCUT2D eigenvalue weighted by Gasteiger charge is 2.35. The molecule has 3 heterocycles. The fraction of sp³-hybridized carbons (Fsp3) is 0.412. The number of furan rings is 1. The zero-order chi connectivity index (χ0) is 16.9. The molecule has 2 aromatic heterocycles. The van der Waals surface area contributed by atoms with Gasteiger partial charge in [-0.2, -0.15) is 5.10 Å². The van der Waals surface area contributed by atoms with E-state index in [1.807, 2.05) is 41.5 Å². The van der Waals surface area contributed by atoms with E-state index in [0.717, 1.165) is 16.3 Å². The molecule has 1 N–H and O–H groups in total. The van der Waals surface area contributed by atoms with Crippen molar-refractivity contribution >= 4 is 23.0 Å². The van der Waals surface area contributed by atoms with E-state index in [2.05, 4.69) is 5.10 Å². The lowest BCUT2D eigenvalue weighted by molar-refractivity contribution is -0.134. The molecule has 0 radical (unpaired) electrons. The first-order valence-corrected chi connectivity index (χ1v) is 8.91. The van der Waals surface area contributed by atoms with E-state index in [1.54, 1.807) is 17.6 Å². The molecule has 0 saturated carbocycles. The first-order valence-electron chi connectivity index (χ1n) is 8.03. The molecular formula is C17H21N3O3S. The van der Waals surface area contributed by atoms with Crippen molar-refractivity contribution in [3.05, 3.63) is 46.5 Å². The van der Waals surface area contributed by atoms with Gasteiger partial charge < -0.3 is 9.52 Å². The third-order valence-electron chi connectivity index (χ3n) is 4.07. The zero-order valence-electron chi connectivity index (χ0n) is 13.6. The average Bonchev–Trinajstić information content (AvgIpc) is 3.33. The quantitative estimate of drug-likeness (QED) is 0.835. The number of aliphatic hydroxyl groups excluding tert-OH is 1. The molecule has 0 fully saturated rings. The lowest BCUT2D eigenvalue weighted by Gasteiger charge is -2.24. The molecule has 1 unspecified atom stereocenters. The smallest absolute Gasteiger partial charge is 0.257 e. The molecule has 2 aromatic rings. The summed E-state index contributed by atoms with van der Waals surface area (Å²) < 4.78 is 5.52. The number of thiophene rings is 1. The molecule has 7 heteroatoms. The molecule has 3 rings (SSSR count). The largest absolute Gasteiger partial charge is 0.467 e. The van der Waals surface area contributed by atoms with Crippen LogP contribution in [0.15, 0.2) is 45.4 Å². The Kier molecular flexibility index (Phi) is 5.44. The van der Waals surface area contributed by atoms with E-state index >= 15 is 0 Å². The average molecular weight is 347 g/mol. The van der Waals surface area contributed by atoms with Gasteiger partial charge in [0.05, 0.1) is 30.0 Å². The highest BCUT2D eigenvalue weighted by molar-refractivity contribution is 7.12. The van der Waals surface area contributed by atoms with Crippen LogP contribution < -0.4 is 0 Å². The Hall–Kier alpha value is -1.96. The first-order chi connectivity index (χ1) is 11.7. The molecule has 24 heavy (non-hydrogen) atoms. The maximum absolute atomic E-state index is 12.8. The standard InChI is InChI=1S/C17H21N3O3S/c1-2-19(7-8-21)12-17(22)20-14(15-5-3-9-23-15)11-13(18-20)16-6-4-10-24-16/h3-6,9-10,14,21H,2,7-8,11-12H2,1H3. The van der Waals surface area contributed by atoms with Crippen LogP contribution in [0.25, 0.3) is 0 Å². The Morgan fingerprint density at radius 2 is 2.38 bits per heavy atom. The van der Waals surface area contributed by atoms with Crippen molar-refractivity contribution in [1.82, 2.24) is 9.91 Å². The number of aliphatic hydroxyl groups is 1. The Morgan fingerprint density at radius 3 is 3.00 bits per heavy atom. The van der Waals surface area contributed by atoms with Crippen molar-refractivity contribution in [2.24, 2.45) is 5.10 Å². The summed E-state index contributed by atoms with van der Waals surface area (Å²) in [6.07, 6.45) is 2.26. The van der Waals surface area contributed by atoms with Crippen LogP contribution in [0.5, 0.6) is 0 Å². The van der Waals surface area contributed by atoms with Crippen LogP contribution in [-0.2, 0) is 4.79 Å². The van der Waals surface area contributed by atoms with Gasteiger partial charge >= 0.3 is 0 Å². The van der Waals surface area contributed by atoms with Gasteiger partial charge in [-0.3, -0.25) is 9.69 Å². The maximum atomic E-state index is 12.8. The SMILES string of the molecule is CCN(CCO)CC(=O)N1N=C(c2cccs2)CC1c1ccco1. The molecule has 0 spiro atoms. The van der Waals surface area contributed by atoms with Crippen LogP contribution in [0, 0.1) is 0 Å². The minimum atomic E-state index is -0.211. The second kappa shape index (κ2) is 7.74. The maximum Gasteiger partial charge on any atom is 0.257 e. The second-order valence-corrected chi connectivity index (χ2v) is 6.54. The van der Waals surface area contributed by atoms with Gasteiger partial charge in [-0.25, -0.2) is 5.01 Å². The summed E-state index contributed by atoms with van der Waals surface area (Å²) in [5.74, 6) is 0.655. The van der Waals surface area contributed by atoms with Crippen LogP contribution in [0.1, 0.15) is 30.0 Å². The van der Waals surface area contributed by atoms with Crippen LogP contribution in [0.2, 0.25) is 0 Å². The van der Waals surface area contributed by atoms with Crippen molar-refractivity contribution in [2.45, 2.75) is 19.4 Å². The molecule has 0 aliphatic carbocycles. The van der Waals surface area contributed by atoms with Crippen LogP contribution in [-0.4, -0.2) is 52.9 Å². The fourth-order valence-electron chi connectivity index (χ4n) is 2.79. The summed E-state index contributed by atoms with van der Waals surface area (Å²) in [7, 11) is 0. The van der Waals surface area contributed by atoms with Crippen LogP contribution in [0.4, 0.5) is 0 Å². The molecule has 0 aromatic carbocycles. The lowest BCUT2D eigenvalue weighted by Crippen LogP contribution is -2.39. The number of nitrogens with zero attached hydrogens (tertiary/aromatic N) is 3. The van der Waals surface area contributed by atoms with E-state index in [9.17, 15) is 4.79 Å². The first kappa shape index (κ1) is 16.9. The Balaban J connectivity index is 1.81. The summed E-state index contributed by atoms with van der Waals surface area (Å²) in [6, 6.07) is 7.49.